The molecule has 1 heterocycles. The number of nitrogens with zero attached hydrogens (tertiary/aromatic N) is 1. The van der Waals surface area contributed by atoms with E-state index < -0.39 is 10.0 Å². The van der Waals surface area contributed by atoms with Crippen molar-refractivity contribution >= 4 is 32.5 Å². The second-order valence-corrected chi connectivity index (χ2v) is 7.79. The Labute approximate surface area is 129 Å². The Kier molecular flexibility index (Phi) is 3.90. The third-order valence-electron chi connectivity index (χ3n) is 3.68. The molecule has 6 heteroatoms. The number of benzene rings is 1. The largest absolute Gasteiger partial charge is 0.240 e. The van der Waals surface area contributed by atoms with Crippen LogP contribution in [0.25, 0.3) is 10.9 Å². The van der Waals surface area contributed by atoms with Gasteiger partial charge in [0.05, 0.1) is 10.4 Å². The summed E-state index contributed by atoms with van der Waals surface area (Å²) in [5.41, 5.74) is 0.687. The standard InChI is InChI=1S/C15H17ClN2O2S/c1-10(8-11-2-3-11)18-21(19,20)13-5-6-14-12(9-13)4-7-15(16)17-14/h4-7,9-11,18H,2-3,8H2,1H3. The van der Waals surface area contributed by atoms with Gasteiger partial charge in [-0.05, 0) is 49.6 Å². The fourth-order valence-electron chi connectivity index (χ4n) is 2.48. The fraction of sp³-hybridized carbons (Fsp3) is 0.400. The van der Waals surface area contributed by atoms with E-state index in [0.717, 1.165) is 11.8 Å². The molecule has 0 spiro atoms. The number of aromatic nitrogens is 1. The molecule has 112 valence electrons. The van der Waals surface area contributed by atoms with E-state index in [1.165, 1.54) is 12.8 Å². The Balaban J connectivity index is 1.85. The van der Waals surface area contributed by atoms with Crippen molar-refractivity contribution in [2.24, 2.45) is 5.92 Å². The number of nitrogens with one attached hydrogen (secondary N) is 1. The molecule has 4 nitrogen and oxygen atoms in total. The van der Waals surface area contributed by atoms with Gasteiger partial charge in [-0.25, -0.2) is 18.1 Å². The first kappa shape index (κ1) is 14.8. The molecule has 0 aliphatic heterocycles. The van der Waals surface area contributed by atoms with Gasteiger partial charge in [0.1, 0.15) is 5.15 Å². The summed E-state index contributed by atoms with van der Waals surface area (Å²) in [5.74, 6) is 0.686. The second-order valence-electron chi connectivity index (χ2n) is 5.69. The molecule has 0 radical (unpaired) electrons. The summed E-state index contributed by atoms with van der Waals surface area (Å²) in [5, 5.41) is 1.16. The van der Waals surface area contributed by atoms with E-state index in [2.05, 4.69) is 9.71 Å². The van der Waals surface area contributed by atoms with Crippen molar-refractivity contribution in [2.75, 3.05) is 0 Å². The van der Waals surface area contributed by atoms with E-state index in [0.29, 0.717) is 16.6 Å². The van der Waals surface area contributed by atoms with Crippen LogP contribution >= 0.6 is 11.6 Å². The van der Waals surface area contributed by atoms with Crippen LogP contribution in [-0.4, -0.2) is 19.4 Å². The normalized spacial score (nSPS) is 17.0. The van der Waals surface area contributed by atoms with Gasteiger partial charge < -0.3 is 0 Å². The molecule has 1 fully saturated rings. The van der Waals surface area contributed by atoms with E-state index in [4.69, 9.17) is 11.6 Å². The third-order valence-corrected chi connectivity index (χ3v) is 5.47. The summed E-state index contributed by atoms with van der Waals surface area (Å²) in [7, 11) is -3.49. The lowest BCUT2D eigenvalue weighted by atomic mass is 10.2. The Morgan fingerprint density at radius 1 is 1.33 bits per heavy atom. The Bertz CT molecular complexity index is 772. The first-order valence-electron chi connectivity index (χ1n) is 7.03. The number of hydrogen-bond donors (Lipinski definition) is 1. The SMILES string of the molecule is CC(CC1CC1)NS(=O)(=O)c1ccc2nc(Cl)ccc2c1. The van der Waals surface area contributed by atoms with Gasteiger partial charge in [-0.15, -0.1) is 0 Å². The molecule has 1 atom stereocenters. The lowest BCUT2D eigenvalue weighted by Gasteiger charge is -2.14. The molecule has 1 N–H and O–H groups in total. The van der Waals surface area contributed by atoms with Crippen LogP contribution in [0.4, 0.5) is 0 Å². The first-order valence-corrected chi connectivity index (χ1v) is 8.89. The molecular formula is C15H17ClN2O2S. The predicted molar refractivity (Wildman–Crippen MR) is 83.9 cm³/mol. The first-order chi connectivity index (χ1) is 9.94. The maximum Gasteiger partial charge on any atom is 0.240 e. The van der Waals surface area contributed by atoms with Gasteiger partial charge in [0.15, 0.2) is 0 Å². The molecule has 3 rings (SSSR count). The van der Waals surface area contributed by atoms with Crippen molar-refractivity contribution in [3.8, 4) is 0 Å². The minimum absolute atomic E-state index is 0.0402. The van der Waals surface area contributed by atoms with E-state index in [1.807, 2.05) is 6.92 Å². The van der Waals surface area contributed by atoms with Crippen LogP contribution in [0, 0.1) is 5.92 Å². The monoisotopic (exact) mass is 324 g/mol. The summed E-state index contributed by atoms with van der Waals surface area (Å²) in [4.78, 5) is 4.42. The molecule has 2 aromatic rings. The molecule has 1 aliphatic carbocycles. The topological polar surface area (TPSA) is 59.1 Å². The number of rotatable bonds is 5. The van der Waals surface area contributed by atoms with Gasteiger partial charge in [0.25, 0.3) is 0 Å². The third kappa shape index (κ3) is 3.54. The zero-order valence-electron chi connectivity index (χ0n) is 11.7. The maximum atomic E-state index is 12.4. The predicted octanol–water partition coefficient (Wildman–Crippen LogP) is 3.36. The Morgan fingerprint density at radius 3 is 2.81 bits per heavy atom. The molecule has 0 saturated heterocycles. The van der Waals surface area contributed by atoms with E-state index in [-0.39, 0.29) is 10.9 Å². The van der Waals surface area contributed by atoms with Gasteiger partial charge in [-0.1, -0.05) is 24.4 Å². The van der Waals surface area contributed by atoms with Crippen molar-refractivity contribution in [2.45, 2.75) is 37.1 Å². The highest BCUT2D eigenvalue weighted by Crippen LogP contribution is 2.33. The summed E-state index contributed by atoms with van der Waals surface area (Å²) < 4.78 is 27.5. The van der Waals surface area contributed by atoms with Crippen LogP contribution in [0.15, 0.2) is 35.2 Å². The number of sulfonamides is 1. The molecule has 1 aromatic carbocycles. The van der Waals surface area contributed by atoms with Crippen LogP contribution in [0.5, 0.6) is 0 Å². The van der Waals surface area contributed by atoms with Crippen LogP contribution in [0.3, 0.4) is 0 Å². The van der Waals surface area contributed by atoms with E-state index >= 15 is 0 Å². The number of fused-ring (bicyclic) bond motifs is 1. The summed E-state index contributed by atoms with van der Waals surface area (Å²) in [6.07, 6.45) is 3.34. The molecule has 21 heavy (non-hydrogen) atoms. The fourth-order valence-corrected chi connectivity index (χ4v) is 3.93. The van der Waals surface area contributed by atoms with Gasteiger partial charge in [-0.3, -0.25) is 0 Å². The van der Waals surface area contributed by atoms with Crippen LogP contribution in [0.1, 0.15) is 26.2 Å². The van der Waals surface area contributed by atoms with Crippen molar-refractivity contribution in [1.29, 1.82) is 0 Å². The summed E-state index contributed by atoms with van der Waals surface area (Å²) >= 11 is 5.83. The van der Waals surface area contributed by atoms with Crippen molar-refractivity contribution in [3.63, 3.8) is 0 Å². The van der Waals surface area contributed by atoms with Crippen molar-refractivity contribution < 1.29 is 8.42 Å². The zero-order valence-corrected chi connectivity index (χ0v) is 13.3. The quantitative estimate of drug-likeness (QED) is 0.858. The van der Waals surface area contributed by atoms with Crippen molar-refractivity contribution in [3.05, 3.63) is 35.5 Å². The smallest absolute Gasteiger partial charge is 0.236 e. The van der Waals surface area contributed by atoms with Crippen LogP contribution in [0.2, 0.25) is 5.15 Å². The molecule has 1 aromatic heterocycles. The highest BCUT2D eigenvalue weighted by Gasteiger charge is 2.26. The molecule has 1 unspecified atom stereocenters. The lowest BCUT2D eigenvalue weighted by molar-refractivity contribution is 0.530. The molecule has 0 amide bonds. The van der Waals surface area contributed by atoms with Gasteiger partial charge in [0, 0.05) is 11.4 Å². The maximum absolute atomic E-state index is 12.4. The molecular weight excluding hydrogens is 308 g/mol. The van der Waals surface area contributed by atoms with Gasteiger partial charge in [0.2, 0.25) is 10.0 Å². The number of pyridine rings is 1. The second kappa shape index (κ2) is 5.55. The molecule has 0 bridgehead atoms. The highest BCUT2D eigenvalue weighted by molar-refractivity contribution is 7.89. The van der Waals surface area contributed by atoms with E-state index in [9.17, 15) is 8.42 Å². The van der Waals surface area contributed by atoms with Crippen LogP contribution in [-0.2, 0) is 10.0 Å². The summed E-state index contributed by atoms with van der Waals surface area (Å²) in [6.45, 7) is 1.91. The average molecular weight is 325 g/mol. The molecule has 1 saturated carbocycles. The van der Waals surface area contributed by atoms with Crippen LogP contribution < -0.4 is 4.72 Å². The van der Waals surface area contributed by atoms with E-state index in [1.54, 1.807) is 30.3 Å². The number of hydrogen-bond acceptors (Lipinski definition) is 3. The van der Waals surface area contributed by atoms with Gasteiger partial charge in [-0.2, -0.15) is 0 Å². The molecule has 1 aliphatic rings. The summed E-state index contributed by atoms with van der Waals surface area (Å²) in [6, 6.07) is 8.27. The van der Waals surface area contributed by atoms with Gasteiger partial charge >= 0.3 is 0 Å². The highest BCUT2D eigenvalue weighted by atomic mass is 35.5. The lowest BCUT2D eigenvalue weighted by Crippen LogP contribution is -2.32. The zero-order chi connectivity index (χ0) is 15.0. The van der Waals surface area contributed by atoms with Crippen molar-refractivity contribution in [1.82, 2.24) is 9.71 Å². The Hall–Kier alpha value is -1.17. The minimum atomic E-state index is -3.49. The Morgan fingerprint density at radius 2 is 2.10 bits per heavy atom. The minimum Gasteiger partial charge on any atom is -0.236 e. The number of halogens is 1. The average Bonchev–Trinajstić information content (AvgIpc) is 3.21.